The topological polar surface area (TPSA) is 49.9 Å². The van der Waals surface area contributed by atoms with Gasteiger partial charge >= 0.3 is 0 Å². The van der Waals surface area contributed by atoms with E-state index in [9.17, 15) is 8.42 Å². The average molecular weight is 350 g/mol. The third-order valence-corrected chi connectivity index (χ3v) is 7.35. The van der Waals surface area contributed by atoms with Crippen molar-refractivity contribution in [3.8, 4) is 5.75 Å². The quantitative estimate of drug-likeness (QED) is 0.819. The molecular weight excluding hydrogens is 324 g/mol. The Hall–Kier alpha value is -1.11. The molecule has 132 valence electrons. The number of piperidine rings is 2. The molecule has 3 atom stereocenters. The Kier molecular flexibility index (Phi) is 4.09. The molecule has 2 saturated heterocycles. The Morgan fingerprint density at radius 1 is 1.25 bits per heavy atom. The predicted molar refractivity (Wildman–Crippen MR) is 93.7 cm³/mol. The molecule has 6 heteroatoms. The van der Waals surface area contributed by atoms with Gasteiger partial charge in [-0.2, -0.15) is 4.31 Å². The third-order valence-electron chi connectivity index (χ3n) is 6.05. The molecule has 0 radical (unpaired) electrons. The zero-order chi connectivity index (χ0) is 16.9. The molecule has 0 bridgehead atoms. The van der Waals surface area contributed by atoms with Crippen LogP contribution in [0.2, 0.25) is 0 Å². The summed E-state index contributed by atoms with van der Waals surface area (Å²) in [7, 11) is -1.42. The van der Waals surface area contributed by atoms with E-state index in [1.165, 1.54) is 17.4 Å². The standard InChI is InChI=1S/C18H26N2O3S/c1-23-15-5-6-16-13(10-15)7-9-19-12-14-4-3-8-20(24(2,21)22)17(14)11-18(16)19/h5-6,10,14,17-18H,3-4,7-9,11-12H2,1-2H3/t14-,17-,18+/m0/s1. The fourth-order valence-electron chi connectivity index (χ4n) is 4.93. The van der Waals surface area contributed by atoms with Crippen LogP contribution >= 0.6 is 0 Å². The maximum Gasteiger partial charge on any atom is 0.211 e. The fraction of sp³-hybridized carbons (Fsp3) is 0.667. The Labute approximate surface area is 144 Å². The summed E-state index contributed by atoms with van der Waals surface area (Å²) in [5, 5.41) is 0. The number of rotatable bonds is 2. The SMILES string of the molecule is COc1ccc2c(c1)CCN1C[C@@H]3CCCN(S(C)(=O)=O)[C@H]3C[C@H]21. The van der Waals surface area contributed by atoms with Crippen molar-refractivity contribution in [2.24, 2.45) is 5.92 Å². The fourth-order valence-corrected chi connectivity index (χ4v) is 6.14. The van der Waals surface area contributed by atoms with Gasteiger partial charge in [0.25, 0.3) is 0 Å². The maximum atomic E-state index is 12.2. The Bertz CT molecular complexity index is 734. The zero-order valence-electron chi connectivity index (χ0n) is 14.4. The van der Waals surface area contributed by atoms with Gasteiger partial charge in [0, 0.05) is 31.7 Å². The van der Waals surface area contributed by atoms with Crippen molar-refractivity contribution in [1.82, 2.24) is 9.21 Å². The Morgan fingerprint density at radius 3 is 2.83 bits per heavy atom. The molecule has 3 aliphatic rings. The van der Waals surface area contributed by atoms with E-state index in [0.717, 1.165) is 44.5 Å². The van der Waals surface area contributed by atoms with E-state index in [2.05, 4.69) is 17.0 Å². The van der Waals surface area contributed by atoms with Crippen LogP contribution in [0.4, 0.5) is 0 Å². The highest BCUT2D eigenvalue weighted by Gasteiger charge is 2.44. The van der Waals surface area contributed by atoms with E-state index in [0.29, 0.717) is 18.5 Å². The van der Waals surface area contributed by atoms with Crippen molar-refractivity contribution >= 4 is 10.0 Å². The van der Waals surface area contributed by atoms with Gasteiger partial charge in [0.05, 0.1) is 13.4 Å². The van der Waals surface area contributed by atoms with Crippen LogP contribution in [-0.2, 0) is 16.4 Å². The van der Waals surface area contributed by atoms with E-state index in [1.807, 2.05) is 6.07 Å². The zero-order valence-corrected chi connectivity index (χ0v) is 15.3. The minimum absolute atomic E-state index is 0.156. The molecule has 5 nitrogen and oxygen atoms in total. The van der Waals surface area contributed by atoms with E-state index >= 15 is 0 Å². The van der Waals surface area contributed by atoms with E-state index in [1.54, 1.807) is 11.4 Å². The van der Waals surface area contributed by atoms with Crippen LogP contribution in [0.25, 0.3) is 0 Å². The molecule has 1 aromatic rings. The van der Waals surface area contributed by atoms with Gasteiger partial charge < -0.3 is 4.74 Å². The van der Waals surface area contributed by atoms with Crippen molar-refractivity contribution in [3.05, 3.63) is 29.3 Å². The molecule has 0 amide bonds. The smallest absolute Gasteiger partial charge is 0.211 e. The highest BCUT2D eigenvalue weighted by atomic mass is 32.2. The summed E-state index contributed by atoms with van der Waals surface area (Å²) in [5.41, 5.74) is 2.72. The van der Waals surface area contributed by atoms with Gasteiger partial charge in [-0.1, -0.05) is 6.07 Å². The molecule has 24 heavy (non-hydrogen) atoms. The van der Waals surface area contributed by atoms with E-state index in [-0.39, 0.29) is 6.04 Å². The molecule has 0 unspecified atom stereocenters. The summed E-state index contributed by atoms with van der Waals surface area (Å²) < 4.78 is 31.6. The first kappa shape index (κ1) is 16.4. The number of fused-ring (bicyclic) bond motifs is 4. The molecular formula is C18H26N2O3S. The van der Waals surface area contributed by atoms with Gasteiger partial charge in [-0.15, -0.1) is 0 Å². The molecule has 0 aromatic heterocycles. The van der Waals surface area contributed by atoms with E-state index in [4.69, 9.17) is 4.74 Å². The Balaban J connectivity index is 1.66. The number of hydrogen-bond acceptors (Lipinski definition) is 4. The number of nitrogens with zero attached hydrogens (tertiary/aromatic N) is 2. The number of methoxy groups -OCH3 is 1. The van der Waals surface area contributed by atoms with Crippen molar-refractivity contribution in [2.75, 3.05) is 33.0 Å². The molecule has 0 N–H and O–H groups in total. The van der Waals surface area contributed by atoms with Crippen molar-refractivity contribution in [3.63, 3.8) is 0 Å². The summed E-state index contributed by atoms with van der Waals surface area (Å²) >= 11 is 0. The molecule has 0 saturated carbocycles. The highest BCUT2D eigenvalue weighted by Crippen LogP contribution is 2.43. The summed E-state index contributed by atoms with van der Waals surface area (Å²) in [6.07, 6.45) is 5.46. The highest BCUT2D eigenvalue weighted by molar-refractivity contribution is 7.88. The molecule has 2 fully saturated rings. The first-order valence-electron chi connectivity index (χ1n) is 8.85. The average Bonchev–Trinajstić information content (AvgIpc) is 2.58. The van der Waals surface area contributed by atoms with Crippen LogP contribution in [-0.4, -0.2) is 56.7 Å². The molecule has 3 heterocycles. The summed E-state index contributed by atoms with van der Waals surface area (Å²) in [5.74, 6) is 1.39. The number of hydrogen-bond donors (Lipinski definition) is 0. The third kappa shape index (κ3) is 2.74. The lowest BCUT2D eigenvalue weighted by Crippen LogP contribution is -2.57. The van der Waals surface area contributed by atoms with Gasteiger partial charge in [0.2, 0.25) is 10.0 Å². The van der Waals surface area contributed by atoms with Crippen LogP contribution in [0, 0.1) is 5.92 Å². The lowest BCUT2D eigenvalue weighted by atomic mass is 9.77. The Morgan fingerprint density at radius 2 is 2.08 bits per heavy atom. The largest absolute Gasteiger partial charge is 0.497 e. The van der Waals surface area contributed by atoms with Gasteiger partial charge in [0.15, 0.2) is 0 Å². The summed E-state index contributed by atoms with van der Waals surface area (Å²) in [6, 6.07) is 6.85. The number of sulfonamides is 1. The molecule has 4 rings (SSSR count). The lowest BCUT2D eigenvalue weighted by molar-refractivity contribution is 0.0222. The van der Waals surface area contributed by atoms with Crippen LogP contribution in [0.5, 0.6) is 5.75 Å². The summed E-state index contributed by atoms with van der Waals surface area (Å²) in [6.45, 7) is 2.77. The van der Waals surface area contributed by atoms with Crippen LogP contribution in [0.3, 0.4) is 0 Å². The maximum absolute atomic E-state index is 12.2. The van der Waals surface area contributed by atoms with Gasteiger partial charge in [-0.3, -0.25) is 4.90 Å². The second kappa shape index (κ2) is 6.00. The minimum atomic E-state index is -3.13. The molecule has 3 aliphatic heterocycles. The van der Waals surface area contributed by atoms with Gasteiger partial charge in [-0.05, 0) is 54.9 Å². The predicted octanol–water partition coefficient (Wildman–Crippen LogP) is 2.04. The first-order chi connectivity index (χ1) is 11.5. The van der Waals surface area contributed by atoms with Crippen molar-refractivity contribution in [2.45, 2.75) is 37.8 Å². The summed E-state index contributed by atoms with van der Waals surface area (Å²) in [4.78, 5) is 2.57. The number of benzene rings is 1. The lowest BCUT2D eigenvalue weighted by Gasteiger charge is -2.51. The molecule has 0 spiro atoms. The first-order valence-corrected chi connectivity index (χ1v) is 10.7. The van der Waals surface area contributed by atoms with Gasteiger partial charge in [0.1, 0.15) is 5.75 Å². The molecule has 1 aromatic carbocycles. The minimum Gasteiger partial charge on any atom is -0.497 e. The van der Waals surface area contributed by atoms with Crippen molar-refractivity contribution < 1.29 is 13.2 Å². The van der Waals surface area contributed by atoms with Crippen molar-refractivity contribution in [1.29, 1.82) is 0 Å². The normalized spacial score (nSPS) is 31.0. The van der Waals surface area contributed by atoms with Crippen LogP contribution < -0.4 is 4.74 Å². The van der Waals surface area contributed by atoms with E-state index < -0.39 is 10.0 Å². The van der Waals surface area contributed by atoms with Crippen LogP contribution in [0.1, 0.15) is 36.4 Å². The second-order valence-electron chi connectivity index (χ2n) is 7.40. The number of ether oxygens (including phenoxy) is 1. The molecule has 0 aliphatic carbocycles. The second-order valence-corrected chi connectivity index (χ2v) is 9.34. The monoisotopic (exact) mass is 350 g/mol. The van der Waals surface area contributed by atoms with Gasteiger partial charge in [-0.25, -0.2) is 8.42 Å². The van der Waals surface area contributed by atoms with Crippen LogP contribution in [0.15, 0.2) is 18.2 Å².